The van der Waals surface area contributed by atoms with Crippen LogP contribution in [0.1, 0.15) is 48.3 Å². The Bertz CT molecular complexity index is 872. The van der Waals surface area contributed by atoms with Crippen molar-refractivity contribution in [3.63, 3.8) is 0 Å². The summed E-state index contributed by atoms with van der Waals surface area (Å²) in [5.74, 6) is 0.661. The fourth-order valence-corrected chi connectivity index (χ4v) is 4.55. The maximum Gasteiger partial charge on any atom is 0.00761 e. The molecule has 0 amide bonds. The maximum absolute atomic E-state index is 6.28. The lowest BCUT2D eigenvalue weighted by Gasteiger charge is -2.40. The zero-order valence-corrected chi connectivity index (χ0v) is 15.0. The fraction of sp³-hybridized carbons (Fsp3) is 0.333. The lowest BCUT2D eigenvalue weighted by molar-refractivity contribution is 0.276. The first-order valence-electron chi connectivity index (χ1n) is 9.46. The molecule has 0 bridgehead atoms. The van der Waals surface area contributed by atoms with Crippen LogP contribution in [0.2, 0.25) is 0 Å². The van der Waals surface area contributed by atoms with E-state index in [1.54, 1.807) is 0 Å². The molecule has 0 heterocycles. The van der Waals surface area contributed by atoms with E-state index in [4.69, 9.17) is 5.73 Å². The van der Waals surface area contributed by atoms with Gasteiger partial charge in [0.05, 0.1) is 0 Å². The second kappa shape index (κ2) is 6.65. The highest BCUT2D eigenvalue weighted by Crippen LogP contribution is 2.44. The molecule has 1 saturated carbocycles. The summed E-state index contributed by atoms with van der Waals surface area (Å²) in [5, 5.41) is 2.69. The molecule has 0 aliphatic heterocycles. The number of nitrogens with two attached hydrogens (primary N) is 1. The van der Waals surface area contributed by atoms with Gasteiger partial charge in [-0.2, -0.15) is 0 Å². The Morgan fingerprint density at radius 1 is 0.880 bits per heavy atom. The quantitative estimate of drug-likeness (QED) is 0.655. The van der Waals surface area contributed by atoms with E-state index in [9.17, 15) is 0 Å². The van der Waals surface area contributed by atoms with Crippen molar-refractivity contribution in [1.82, 2.24) is 0 Å². The van der Waals surface area contributed by atoms with Crippen LogP contribution in [-0.4, -0.2) is 6.54 Å². The van der Waals surface area contributed by atoms with Crippen molar-refractivity contribution in [3.05, 3.63) is 83.4 Å². The summed E-state index contributed by atoms with van der Waals surface area (Å²) in [6.07, 6.45) is 4.82. The molecule has 3 aromatic carbocycles. The second-order valence-corrected chi connectivity index (χ2v) is 7.73. The molecule has 1 heteroatoms. The fourth-order valence-electron chi connectivity index (χ4n) is 4.55. The van der Waals surface area contributed by atoms with E-state index < -0.39 is 0 Å². The molecule has 0 aromatic heterocycles. The van der Waals surface area contributed by atoms with Gasteiger partial charge in [-0.25, -0.2) is 0 Å². The van der Waals surface area contributed by atoms with Crippen LogP contribution in [0.15, 0.2) is 66.7 Å². The average Bonchev–Trinajstić information content (AvgIpc) is 2.68. The molecule has 0 spiro atoms. The van der Waals surface area contributed by atoms with E-state index in [1.165, 1.54) is 53.1 Å². The van der Waals surface area contributed by atoms with Crippen LogP contribution in [0, 0.1) is 6.92 Å². The van der Waals surface area contributed by atoms with Gasteiger partial charge in [-0.1, -0.05) is 72.3 Å². The first-order valence-corrected chi connectivity index (χ1v) is 9.46. The third kappa shape index (κ3) is 3.09. The van der Waals surface area contributed by atoms with Gasteiger partial charge in [-0.15, -0.1) is 0 Å². The summed E-state index contributed by atoms with van der Waals surface area (Å²) in [6, 6.07) is 24.6. The molecule has 0 unspecified atom stereocenters. The Morgan fingerprint density at radius 2 is 1.64 bits per heavy atom. The van der Waals surface area contributed by atoms with Crippen molar-refractivity contribution in [2.45, 2.75) is 43.9 Å². The SMILES string of the molecule is Cc1cccc(C2(CN)CCC(c3ccc4ccccc4c3)CC2)c1. The number of hydrogen-bond acceptors (Lipinski definition) is 1. The third-order valence-corrected chi connectivity index (χ3v) is 6.21. The standard InChI is InChI=1S/C24H27N/c1-18-5-4-8-23(15-18)24(17-25)13-11-20(12-14-24)22-10-9-19-6-2-3-7-21(19)16-22/h2-10,15-16,20H,11-14,17,25H2,1H3. The lowest BCUT2D eigenvalue weighted by atomic mass is 9.65. The zero-order chi connectivity index (χ0) is 17.3. The minimum Gasteiger partial charge on any atom is -0.330 e. The Labute approximate surface area is 150 Å². The summed E-state index contributed by atoms with van der Waals surface area (Å²) in [7, 11) is 0. The van der Waals surface area contributed by atoms with Gasteiger partial charge < -0.3 is 5.73 Å². The Kier molecular flexibility index (Phi) is 4.35. The van der Waals surface area contributed by atoms with Crippen molar-refractivity contribution in [2.24, 2.45) is 5.73 Å². The maximum atomic E-state index is 6.28. The van der Waals surface area contributed by atoms with Crippen LogP contribution >= 0.6 is 0 Å². The van der Waals surface area contributed by atoms with Crippen molar-refractivity contribution in [1.29, 1.82) is 0 Å². The molecule has 1 aliphatic carbocycles. The van der Waals surface area contributed by atoms with Gasteiger partial charge in [-0.3, -0.25) is 0 Å². The van der Waals surface area contributed by atoms with Gasteiger partial charge in [0.2, 0.25) is 0 Å². The molecule has 25 heavy (non-hydrogen) atoms. The molecular formula is C24H27N. The van der Waals surface area contributed by atoms with Crippen molar-refractivity contribution >= 4 is 10.8 Å². The molecule has 0 radical (unpaired) electrons. The van der Waals surface area contributed by atoms with Crippen LogP contribution in [0.4, 0.5) is 0 Å². The van der Waals surface area contributed by atoms with Gasteiger partial charge >= 0.3 is 0 Å². The number of aryl methyl sites for hydroxylation is 1. The van der Waals surface area contributed by atoms with Crippen molar-refractivity contribution in [2.75, 3.05) is 6.54 Å². The van der Waals surface area contributed by atoms with Gasteiger partial charge in [0.25, 0.3) is 0 Å². The van der Waals surface area contributed by atoms with Gasteiger partial charge in [-0.05, 0) is 60.4 Å². The lowest BCUT2D eigenvalue weighted by Crippen LogP contribution is -2.38. The van der Waals surface area contributed by atoms with Gasteiger partial charge in [0.15, 0.2) is 0 Å². The highest BCUT2D eigenvalue weighted by Gasteiger charge is 2.36. The van der Waals surface area contributed by atoms with E-state index in [1.807, 2.05) is 0 Å². The highest BCUT2D eigenvalue weighted by atomic mass is 14.6. The summed E-state index contributed by atoms with van der Waals surface area (Å²) in [5.41, 5.74) is 10.7. The minimum atomic E-state index is 0.166. The first kappa shape index (κ1) is 16.4. The van der Waals surface area contributed by atoms with E-state index >= 15 is 0 Å². The van der Waals surface area contributed by atoms with E-state index in [2.05, 4.69) is 73.7 Å². The monoisotopic (exact) mass is 329 g/mol. The number of rotatable bonds is 3. The predicted octanol–water partition coefficient (Wildman–Crippen LogP) is 5.70. The zero-order valence-electron chi connectivity index (χ0n) is 15.0. The summed E-state index contributed by atoms with van der Waals surface area (Å²) in [4.78, 5) is 0. The molecule has 1 nitrogen and oxygen atoms in total. The largest absolute Gasteiger partial charge is 0.330 e. The average molecular weight is 329 g/mol. The van der Waals surface area contributed by atoms with E-state index in [0.29, 0.717) is 5.92 Å². The topological polar surface area (TPSA) is 26.0 Å². The van der Waals surface area contributed by atoms with Crippen LogP contribution in [0.5, 0.6) is 0 Å². The second-order valence-electron chi connectivity index (χ2n) is 7.73. The first-order chi connectivity index (χ1) is 12.2. The summed E-state index contributed by atoms with van der Waals surface area (Å²) >= 11 is 0. The molecule has 1 aliphatic rings. The van der Waals surface area contributed by atoms with Crippen LogP contribution in [0.25, 0.3) is 10.8 Å². The van der Waals surface area contributed by atoms with Gasteiger partial charge in [0, 0.05) is 12.0 Å². The third-order valence-electron chi connectivity index (χ3n) is 6.21. The summed E-state index contributed by atoms with van der Waals surface area (Å²) < 4.78 is 0. The highest BCUT2D eigenvalue weighted by molar-refractivity contribution is 5.83. The Balaban J connectivity index is 1.57. The smallest absolute Gasteiger partial charge is 0.00761 e. The van der Waals surface area contributed by atoms with E-state index in [-0.39, 0.29) is 5.41 Å². The molecular weight excluding hydrogens is 302 g/mol. The normalized spacial score (nSPS) is 23.7. The molecule has 0 atom stereocenters. The molecule has 2 N–H and O–H groups in total. The van der Waals surface area contributed by atoms with Crippen LogP contribution in [-0.2, 0) is 5.41 Å². The van der Waals surface area contributed by atoms with Crippen LogP contribution < -0.4 is 5.73 Å². The van der Waals surface area contributed by atoms with Crippen molar-refractivity contribution < 1.29 is 0 Å². The van der Waals surface area contributed by atoms with Crippen molar-refractivity contribution in [3.8, 4) is 0 Å². The molecule has 128 valence electrons. The summed E-state index contributed by atoms with van der Waals surface area (Å²) in [6.45, 7) is 2.93. The van der Waals surface area contributed by atoms with Gasteiger partial charge in [0.1, 0.15) is 0 Å². The number of fused-ring (bicyclic) bond motifs is 1. The Hall–Kier alpha value is -2.12. The van der Waals surface area contributed by atoms with E-state index in [0.717, 1.165) is 6.54 Å². The number of benzene rings is 3. The number of hydrogen-bond donors (Lipinski definition) is 1. The molecule has 0 saturated heterocycles. The molecule has 1 fully saturated rings. The predicted molar refractivity (Wildman–Crippen MR) is 107 cm³/mol. The molecule has 4 rings (SSSR count). The van der Waals surface area contributed by atoms with Crippen LogP contribution in [0.3, 0.4) is 0 Å². The Morgan fingerprint density at radius 3 is 2.36 bits per heavy atom. The minimum absolute atomic E-state index is 0.166. The molecule has 3 aromatic rings.